The number of hydrogen-bond donors (Lipinski definition) is 0. The van der Waals surface area contributed by atoms with E-state index >= 15 is 0 Å². The van der Waals surface area contributed by atoms with E-state index in [1.54, 1.807) is 0 Å². The van der Waals surface area contributed by atoms with Gasteiger partial charge in [-0.1, -0.05) is 42.7 Å². The SMILES string of the molecule is Cn1c[c-]c(-c2ncn(C)c2-c2ccccc2)c1.[Ir]. The van der Waals surface area contributed by atoms with E-state index in [2.05, 4.69) is 23.2 Å². The van der Waals surface area contributed by atoms with Crippen molar-refractivity contribution in [3.05, 3.63) is 55.1 Å². The van der Waals surface area contributed by atoms with Crippen molar-refractivity contribution in [2.75, 3.05) is 0 Å². The molecule has 3 nitrogen and oxygen atoms in total. The molecule has 0 amide bonds. The summed E-state index contributed by atoms with van der Waals surface area (Å²) >= 11 is 0. The molecule has 0 unspecified atom stereocenters. The topological polar surface area (TPSA) is 22.8 Å². The molecular formula is C15H14IrN3-. The summed E-state index contributed by atoms with van der Waals surface area (Å²) in [6.07, 6.45) is 5.80. The fourth-order valence-corrected chi connectivity index (χ4v) is 2.14. The van der Waals surface area contributed by atoms with Gasteiger partial charge in [0.25, 0.3) is 0 Å². The Bertz CT molecular complexity index is 668. The summed E-state index contributed by atoms with van der Waals surface area (Å²) in [7, 11) is 4.01. The summed E-state index contributed by atoms with van der Waals surface area (Å²) in [5.41, 5.74) is 4.30. The van der Waals surface area contributed by atoms with Crippen LogP contribution in [0.4, 0.5) is 0 Å². The Labute approximate surface area is 126 Å². The molecule has 0 saturated heterocycles. The maximum absolute atomic E-state index is 4.49. The second kappa shape index (κ2) is 5.55. The van der Waals surface area contributed by atoms with Gasteiger partial charge in [-0.15, -0.1) is 5.56 Å². The van der Waals surface area contributed by atoms with Crippen LogP contribution in [0.5, 0.6) is 0 Å². The molecule has 3 rings (SSSR count). The predicted molar refractivity (Wildman–Crippen MR) is 71.9 cm³/mol. The molecule has 0 fully saturated rings. The number of hydrogen-bond acceptors (Lipinski definition) is 1. The van der Waals surface area contributed by atoms with Gasteiger partial charge in [-0.25, -0.2) is 0 Å². The number of aromatic nitrogens is 3. The fraction of sp³-hybridized carbons (Fsp3) is 0.133. The molecule has 2 aromatic heterocycles. The molecule has 3 aromatic rings. The molecule has 0 atom stereocenters. The molecule has 4 heteroatoms. The molecule has 1 aromatic carbocycles. The number of aryl methyl sites for hydroxylation is 2. The van der Waals surface area contributed by atoms with Crippen molar-refractivity contribution >= 4 is 0 Å². The van der Waals surface area contributed by atoms with E-state index in [9.17, 15) is 0 Å². The average molecular weight is 429 g/mol. The Balaban J connectivity index is 0.00000133. The van der Waals surface area contributed by atoms with Gasteiger partial charge < -0.3 is 14.1 Å². The number of rotatable bonds is 2. The third-order valence-corrected chi connectivity index (χ3v) is 3.00. The van der Waals surface area contributed by atoms with E-state index in [0.717, 1.165) is 17.0 Å². The van der Waals surface area contributed by atoms with Crippen molar-refractivity contribution in [2.24, 2.45) is 14.1 Å². The van der Waals surface area contributed by atoms with E-state index < -0.39 is 0 Å². The average Bonchev–Trinajstić information content (AvgIpc) is 2.96. The van der Waals surface area contributed by atoms with Crippen LogP contribution in [0.3, 0.4) is 0 Å². The van der Waals surface area contributed by atoms with Crippen molar-refractivity contribution in [3.63, 3.8) is 0 Å². The number of imidazole rings is 1. The molecule has 0 aliphatic rings. The summed E-state index contributed by atoms with van der Waals surface area (Å²) in [5.74, 6) is 0. The van der Waals surface area contributed by atoms with E-state index in [4.69, 9.17) is 0 Å². The summed E-state index contributed by atoms with van der Waals surface area (Å²) in [6, 6.07) is 13.5. The molecule has 99 valence electrons. The first kappa shape index (κ1) is 13.8. The molecule has 19 heavy (non-hydrogen) atoms. The first-order chi connectivity index (χ1) is 8.75. The Kier molecular flexibility index (Phi) is 4.03. The zero-order valence-electron chi connectivity index (χ0n) is 10.8. The summed E-state index contributed by atoms with van der Waals surface area (Å²) in [4.78, 5) is 4.49. The molecule has 0 N–H and O–H groups in total. The van der Waals surface area contributed by atoms with Gasteiger partial charge in [-0.3, -0.25) is 0 Å². The van der Waals surface area contributed by atoms with Gasteiger partial charge >= 0.3 is 0 Å². The minimum absolute atomic E-state index is 0. The van der Waals surface area contributed by atoms with E-state index in [-0.39, 0.29) is 20.1 Å². The molecule has 0 bridgehead atoms. The molecule has 1 radical (unpaired) electrons. The van der Waals surface area contributed by atoms with Crippen molar-refractivity contribution < 1.29 is 20.1 Å². The van der Waals surface area contributed by atoms with Gasteiger partial charge in [0.05, 0.1) is 6.33 Å². The first-order valence-corrected chi connectivity index (χ1v) is 5.86. The Morgan fingerprint density at radius 3 is 2.47 bits per heavy atom. The molecule has 0 aliphatic heterocycles. The van der Waals surface area contributed by atoms with Crippen LogP contribution in [-0.2, 0) is 34.2 Å². The smallest absolute Gasteiger partial charge is 0.0806 e. The zero-order valence-corrected chi connectivity index (χ0v) is 13.2. The van der Waals surface area contributed by atoms with Crippen LogP contribution in [0.15, 0.2) is 49.1 Å². The Hall–Kier alpha value is -1.64. The zero-order chi connectivity index (χ0) is 12.5. The van der Waals surface area contributed by atoms with Crippen molar-refractivity contribution in [1.82, 2.24) is 14.1 Å². The second-order valence-corrected chi connectivity index (χ2v) is 4.40. The van der Waals surface area contributed by atoms with Crippen LogP contribution in [-0.4, -0.2) is 14.1 Å². The van der Waals surface area contributed by atoms with Gasteiger partial charge in [-0.05, 0) is 18.3 Å². The number of nitrogens with zero attached hydrogens (tertiary/aromatic N) is 3. The number of benzene rings is 1. The molecule has 2 heterocycles. The van der Waals surface area contributed by atoms with Gasteiger partial charge in [0.15, 0.2) is 0 Å². The van der Waals surface area contributed by atoms with Gasteiger partial charge in [0.2, 0.25) is 0 Å². The van der Waals surface area contributed by atoms with Crippen molar-refractivity contribution in [2.45, 2.75) is 0 Å². The van der Waals surface area contributed by atoms with Crippen LogP contribution in [0.1, 0.15) is 0 Å². The maximum atomic E-state index is 4.49. The van der Waals surface area contributed by atoms with Gasteiger partial charge in [-0.2, -0.15) is 6.07 Å². The van der Waals surface area contributed by atoms with E-state index in [1.165, 1.54) is 5.56 Å². The van der Waals surface area contributed by atoms with E-state index in [1.807, 2.05) is 60.1 Å². The van der Waals surface area contributed by atoms with Crippen LogP contribution in [0, 0.1) is 6.07 Å². The van der Waals surface area contributed by atoms with Crippen LogP contribution in [0.25, 0.3) is 22.5 Å². The van der Waals surface area contributed by atoms with E-state index in [0.29, 0.717) is 0 Å². The van der Waals surface area contributed by atoms with Gasteiger partial charge in [0, 0.05) is 32.8 Å². The predicted octanol–water partition coefficient (Wildman–Crippen LogP) is 2.89. The monoisotopic (exact) mass is 429 g/mol. The molecular weight excluding hydrogens is 414 g/mol. The Morgan fingerprint density at radius 1 is 1.11 bits per heavy atom. The van der Waals surface area contributed by atoms with Crippen LogP contribution >= 0.6 is 0 Å². The Morgan fingerprint density at radius 2 is 1.84 bits per heavy atom. The summed E-state index contributed by atoms with van der Waals surface area (Å²) < 4.78 is 4.03. The third kappa shape index (κ3) is 2.55. The summed E-state index contributed by atoms with van der Waals surface area (Å²) in [5, 5.41) is 0. The third-order valence-electron chi connectivity index (χ3n) is 3.00. The van der Waals surface area contributed by atoms with Crippen LogP contribution in [0.2, 0.25) is 0 Å². The minimum atomic E-state index is 0. The molecule has 0 spiro atoms. The molecule has 0 saturated carbocycles. The largest absolute Gasteiger partial charge is 0.420 e. The quantitative estimate of drug-likeness (QED) is 0.576. The first-order valence-electron chi connectivity index (χ1n) is 5.86. The fourth-order valence-electron chi connectivity index (χ4n) is 2.14. The normalized spacial score (nSPS) is 10.2. The van der Waals surface area contributed by atoms with Crippen molar-refractivity contribution in [1.29, 1.82) is 0 Å². The van der Waals surface area contributed by atoms with Gasteiger partial charge in [0.1, 0.15) is 0 Å². The second-order valence-electron chi connectivity index (χ2n) is 4.40. The van der Waals surface area contributed by atoms with Crippen molar-refractivity contribution in [3.8, 4) is 22.5 Å². The summed E-state index contributed by atoms with van der Waals surface area (Å²) in [6.45, 7) is 0. The van der Waals surface area contributed by atoms with Crippen LogP contribution < -0.4 is 0 Å². The molecule has 0 aliphatic carbocycles. The minimum Gasteiger partial charge on any atom is -0.420 e. The standard InChI is InChI=1S/C15H14N3.Ir/c1-17-9-8-13(10-17)14-15(18(2)11-16-14)12-6-4-3-5-7-12;/h3-7,9-11H,1-2H3;/q-1;. The maximum Gasteiger partial charge on any atom is 0.0806 e.